The summed E-state index contributed by atoms with van der Waals surface area (Å²) in [7, 11) is 0. The number of alkyl halides is 3. The molecule has 1 heterocycles. The van der Waals surface area contributed by atoms with E-state index in [1.165, 1.54) is 17.0 Å². The van der Waals surface area contributed by atoms with Gasteiger partial charge in [0.25, 0.3) is 0 Å². The largest absolute Gasteiger partial charge is 0.417 e. The second-order valence-corrected chi connectivity index (χ2v) is 5.24. The number of amides is 1. The Morgan fingerprint density at radius 2 is 2.11 bits per heavy atom. The molecule has 1 saturated heterocycles. The smallest absolute Gasteiger partial charge is 0.330 e. The number of hydrogen-bond donors (Lipinski definition) is 1. The number of halogens is 4. The van der Waals surface area contributed by atoms with E-state index < -0.39 is 11.7 Å². The van der Waals surface area contributed by atoms with Gasteiger partial charge in [0, 0.05) is 13.0 Å². The van der Waals surface area contributed by atoms with Crippen molar-refractivity contribution in [1.82, 2.24) is 0 Å². The molecular formula is C12H12BrF3N2O. The van der Waals surface area contributed by atoms with Crippen LogP contribution in [0.25, 0.3) is 0 Å². The number of anilines is 1. The molecule has 0 aromatic heterocycles. The van der Waals surface area contributed by atoms with Crippen LogP contribution in [0.4, 0.5) is 18.9 Å². The Morgan fingerprint density at radius 1 is 1.42 bits per heavy atom. The van der Waals surface area contributed by atoms with Gasteiger partial charge in [0.1, 0.15) is 0 Å². The molecule has 1 amide bonds. The van der Waals surface area contributed by atoms with Gasteiger partial charge in [0.15, 0.2) is 0 Å². The molecule has 0 aliphatic carbocycles. The highest BCUT2D eigenvalue weighted by Crippen LogP contribution is 2.40. The summed E-state index contributed by atoms with van der Waals surface area (Å²) in [5, 5.41) is 0. The first-order valence-electron chi connectivity index (χ1n) is 5.70. The van der Waals surface area contributed by atoms with Crippen molar-refractivity contribution in [2.75, 3.05) is 18.0 Å². The van der Waals surface area contributed by atoms with Crippen LogP contribution >= 0.6 is 15.9 Å². The van der Waals surface area contributed by atoms with Crippen LogP contribution in [0.15, 0.2) is 22.7 Å². The van der Waals surface area contributed by atoms with E-state index >= 15 is 0 Å². The minimum absolute atomic E-state index is 0.00561. The lowest BCUT2D eigenvalue weighted by molar-refractivity contribution is -0.138. The van der Waals surface area contributed by atoms with Crippen molar-refractivity contribution in [2.24, 2.45) is 11.7 Å². The van der Waals surface area contributed by atoms with Crippen LogP contribution in [0.2, 0.25) is 0 Å². The third-order valence-corrected chi connectivity index (χ3v) is 3.95. The number of benzene rings is 1. The van der Waals surface area contributed by atoms with Crippen molar-refractivity contribution in [1.29, 1.82) is 0 Å². The number of nitrogens with zero attached hydrogens (tertiary/aromatic N) is 1. The van der Waals surface area contributed by atoms with Crippen LogP contribution in [0, 0.1) is 5.92 Å². The van der Waals surface area contributed by atoms with Gasteiger partial charge in [-0.25, -0.2) is 0 Å². The zero-order valence-corrected chi connectivity index (χ0v) is 11.5. The average molecular weight is 337 g/mol. The quantitative estimate of drug-likeness (QED) is 0.902. The molecule has 19 heavy (non-hydrogen) atoms. The molecule has 1 unspecified atom stereocenters. The standard InChI is InChI=1S/C12H12BrF3N2O/c13-11-8(12(14,15)16)2-1-3-9(11)18-6-7(5-17)4-10(18)19/h1-3,7H,4-6,17H2. The number of nitrogens with two attached hydrogens (primary N) is 1. The van der Waals surface area contributed by atoms with E-state index in [-0.39, 0.29) is 28.4 Å². The monoisotopic (exact) mass is 336 g/mol. The average Bonchev–Trinajstić information content (AvgIpc) is 2.69. The van der Waals surface area contributed by atoms with E-state index in [0.29, 0.717) is 13.1 Å². The maximum atomic E-state index is 12.8. The van der Waals surface area contributed by atoms with E-state index in [1.54, 1.807) is 0 Å². The molecular weight excluding hydrogens is 325 g/mol. The molecule has 0 saturated carbocycles. The fourth-order valence-electron chi connectivity index (χ4n) is 2.12. The highest BCUT2D eigenvalue weighted by molar-refractivity contribution is 9.10. The number of rotatable bonds is 2. The molecule has 3 nitrogen and oxygen atoms in total. The molecule has 1 aromatic rings. The molecule has 1 fully saturated rings. The number of carbonyl (C=O) groups excluding carboxylic acids is 1. The normalized spacial score (nSPS) is 20.2. The van der Waals surface area contributed by atoms with Crippen molar-refractivity contribution < 1.29 is 18.0 Å². The van der Waals surface area contributed by atoms with E-state index in [1.807, 2.05) is 0 Å². The Labute approximate surface area is 116 Å². The summed E-state index contributed by atoms with van der Waals surface area (Å²) >= 11 is 2.95. The summed E-state index contributed by atoms with van der Waals surface area (Å²) in [5.74, 6) is -0.204. The Bertz CT molecular complexity index is 504. The Balaban J connectivity index is 2.39. The van der Waals surface area contributed by atoms with Gasteiger partial charge >= 0.3 is 6.18 Å². The lowest BCUT2D eigenvalue weighted by atomic mass is 10.1. The van der Waals surface area contributed by atoms with Gasteiger partial charge in [-0.15, -0.1) is 0 Å². The molecule has 2 rings (SSSR count). The minimum Gasteiger partial charge on any atom is -0.330 e. The van der Waals surface area contributed by atoms with Crippen molar-refractivity contribution in [3.05, 3.63) is 28.2 Å². The van der Waals surface area contributed by atoms with Crippen molar-refractivity contribution in [3.63, 3.8) is 0 Å². The zero-order valence-electron chi connectivity index (χ0n) is 9.88. The first-order chi connectivity index (χ1) is 8.84. The van der Waals surface area contributed by atoms with E-state index in [4.69, 9.17) is 5.73 Å². The van der Waals surface area contributed by atoms with Gasteiger partial charge < -0.3 is 10.6 Å². The van der Waals surface area contributed by atoms with Crippen LogP contribution < -0.4 is 10.6 Å². The molecule has 104 valence electrons. The summed E-state index contributed by atoms with van der Waals surface area (Å²) in [5.41, 5.74) is 4.97. The molecule has 0 spiro atoms. The zero-order chi connectivity index (χ0) is 14.2. The van der Waals surface area contributed by atoms with Gasteiger partial charge in [-0.1, -0.05) is 6.07 Å². The minimum atomic E-state index is -4.45. The molecule has 1 atom stereocenters. The topological polar surface area (TPSA) is 46.3 Å². The van der Waals surface area contributed by atoms with Crippen LogP contribution in [-0.2, 0) is 11.0 Å². The fraction of sp³-hybridized carbons (Fsp3) is 0.417. The van der Waals surface area contributed by atoms with E-state index in [9.17, 15) is 18.0 Å². The molecule has 0 bridgehead atoms. The third-order valence-electron chi connectivity index (χ3n) is 3.11. The molecule has 2 N–H and O–H groups in total. The van der Waals surface area contributed by atoms with Crippen LogP contribution in [0.1, 0.15) is 12.0 Å². The first-order valence-corrected chi connectivity index (χ1v) is 6.50. The highest BCUT2D eigenvalue weighted by Gasteiger charge is 2.36. The van der Waals surface area contributed by atoms with Gasteiger partial charge in [-0.05, 0) is 40.5 Å². The molecule has 7 heteroatoms. The van der Waals surface area contributed by atoms with Crippen LogP contribution in [-0.4, -0.2) is 19.0 Å². The first kappa shape index (κ1) is 14.3. The lowest BCUT2D eigenvalue weighted by Gasteiger charge is -2.20. The van der Waals surface area contributed by atoms with Crippen molar-refractivity contribution in [2.45, 2.75) is 12.6 Å². The lowest BCUT2D eigenvalue weighted by Crippen LogP contribution is -2.26. The summed E-state index contributed by atoms with van der Waals surface area (Å²) in [6.45, 7) is 0.702. The van der Waals surface area contributed by atoms with Crippen molar-refractivity contribution in [3.8, 4) is 0 Å². The summed E-state index contributed by atoms with van der Waals surface area (Å²) < 4.78 is 38.3. The van der Waals surface area contributed by atoms with Crippen molar-refractivity contribution >= 4 is 27.5 Å². The third kappa shape index (κ3) is 2.76. The Morgan fingerprint density at radius 3 is 2.63 bits per heavy atom. The van der Waals surface area contributed by atoms with Gasteiger partial charge in [0.05, 0.1) is 15.7 Å². The Kier molecular flexibility index (Phi) is 3.87. The SMILES string of the molecule is NCC1CC(=O)N(c2cccc(C(F)(F)F)c2Br)C1. The molecule has 1 aliphatic heterocycles. The van der Waals surface area contributed by atoms with Gasteiger partial charge in [-0.3, -0.25) is 4.79 Å². The Hall–Kier alpha value is -1.08. The maximum Gasteiger partial charge on any atom is 0.417 e. The van der Waals surface area contributed by atoms with E-state index in [0.717, 1.165) is 6.07 Å². The summed E-state index contributed by atoms with van der Waals surface area (Å²) in [4.78, 5) is 13.2. The van der Waals surface area contributed by atoms with Crippen LogP contribution in [0.5, 0.6) is 0 Å². The maximum absolute atomic E-state index is 12.8. The molecule has 1 aliphatic rings. The number of carbonyl (C=O) groups is 1. The summed E-state index contributed by atoms with van der Waals surface area (Å²) in [6, 6.07) is 3.77. The predicted octanol–water partition coefficient (Wildman–Crippen LogP) is 2.78. The second-order valence-electron chi connectivity index (χ2n) is 4.45. The van der Waals surface area contributed by atoms with E-state index in [2.05, 4.69) is 15.9 Å². The molecule has 0 radical (unpaired) electrons. The van der Waals surface area contributed by atoms with Gasteiger partial charge in [-0.2, -0.15) is 13.2 Å². The van der Waals surface area contributed by atoms with Gasteiger partial charge in [0.2, 0.25) is 5.91 Å². The highest BCUT2D eigenvalue weighted by atomic mass is 79.9. The predicted molar refractivity (Wildman–Crippen MR) is 68.7 cm³/mol. The fourth-order valence-corrected chi connectivity index (χ4v) is 2.82. The summed E-state index contributed by atoms with van der Waals surface area (Å²) in [6.07, 6.45) is -4.18. The second kappa shape index (κ2) is 5.13. The number of hydrogen-bond acceptors (Lipinski definition) is 2. The van der Waals surface area contributed by atoms with Crippen LogP contribution in [0.3, 0.4) is 0 Å². The molecule has 1 aromatic carbocycles.